The molecule has 0 spiro atoms. The number of aliphatic hydroxyl groups excluding tert-OH is 1. The summed E-state index contributed by atoms with van der Waals surface area (Å²) in [7, 11) is 0. The van der Waals surface area contributed by atoms with Crippen molar-refractivity contribution in [2.24, 2.45) is 0 Å². The van der Waals surface area contributed by atoms with E-state index < -0.39 is 5.54 Å². The molecule has 1 amide bonds. The lowest BCUT2D eigenvalue weighted by atomic mass is 10.00. The lowest BCUT2D eigenvalue weighted by Gasteiger charge is -2.38. The molecule has 2 N–H and O–H groups in total. The van der Waals surface area contributed by atoms with Crippen molar-refractivity contribution in [2.75, 3.05) is 39.3 Å². The Bertz CT molecular complexity index is 403. The maximum Gasteiger partial charge on any atom is 0.235 e. The van der Waals surface area contributed by atoms with E-state index in [1.165, 1.54) is 0 Å². The highest BCUT2D eigenvalue weighted by Crippen LogP contribution is 2.28. The second kappa shape index (κ2) is 7.91. The van der Waals surface area contributed by atoms with Crippen molar-refractivity contribution < 1.29 is 9.90 Å². The minimum Gasteiger partial charge on any atom is -0.395 e. The summed E-state index contributed by atoms with van der Waals surface area (Å²) in [6.07, 6.45) is 4.54. The van der Waals surface area contributed by atoms with Gasteiger partial charge in [0.2, 0.25) is 5.91 Å². The topological polar surface area (TPSA) is 79.6 Å². The molecule has 1 atom stereocenters. The minimum atomic E-state index is -0.622. The smallest absolute Gasteiger partial charge is 0.235 e. The quantitative estimate of drug-likeness (QED) is 0.739. The maximum absolute atomic E-state index is 12.2. The Morgan fingerprint density at radius 2 is 1.95 bits per heavy atom. The van der Waals surface area contributed by atoms with Gasteiger partial charge in [0.05, 0.1) is 19.2 Å². The normalized spacial score (nSPS) is 23.9. The third-order valence-corrected chi connectivity index (χ3v) is 5.02. The molecule has 0 aromatic rings. The molecule has 1 heterocycles. The van der Waals surface area contributed by atoms with Crippen LogP contribution >= 0.6 is 0 Å². The van der Waals surface area contributed by atoms with Gasteiger partial charge in [-0.05, 0) is 32.1 Å². The van der Waals surface area contributed by atoms with Gasteiger partial charge < -0.3 is 10.4 Å². The number of aliphatic hydroxyl groups is 1. The molecule has 1 saturated carbocycles. The van der Waals surface area contributed by atoms with Gasteiger partial charge in [0.1, 0.15) is 5.54 Å². The molecule has 0 aromatic heterocycles. The fourth-order valence-corrected chi connectivity index (χ4v) is 3.54. The van der Waals surface area contributed by atoms with Crippen LogP contribution in [0.3, 0.4) is 0 Å². The molecule has 1 aliphatic carbocycles. The number of nitrogens with one attached hydrogen (secondary N) is 1. The largest absolute Gasteiger partial charge is 0.395 e. The zero-order valence-corrected chi connectivity index (χ0v) is 13.6. The number of carbonyl (C=O) groups is 1. The molecule has 6 nitrogen and oxygen atoms in total. The first-order valence-corrected chi connectivity index (χ1v) is 8.42. The molecule has 1 saturated heterocycles. The Morgan fingerprint density at radius 3 is 2.45 bits per heavy atom. The molecular formula is C16H28N4O2. The molecular weight excluding hydrogens is 280 g/mol. The van der Waals surface area contributed by atoms with E-state index in [1.54, 1.807) is 0 Å². The summed E-state index contributed by atoms with van der Waals surface area (Å²) in [4.78, 5) is 16.6. The van der Waals surface area contributed by atoms with E-state index in [2.05, 4.69) is 28.1 Å². The summed E-state index contributed by atoms with van der Waals surface area (Å²) in [5.74, 6) is -0.0360. The summed E-state index contributed by atoms with van der Waals surface area (Å²) in [6, 6.07) is 2.53. The lowest BCUT2D eigenvalue weighted by molar-refractivity contribution is -0.124. The third-order valence-electron chi connectivity index (χ3n) is 5.02. The van der Waals surface area contributed by atoms with Crippen LogP contribution in [0, 0.1) is 11.3 Å². The van der Waals surface area contributed by atoms with E-state index in [9.17, 15) is 15.2 Å². The first-order valence-electron chi connectivity index (χ1n) is 8.42. The molecule has 22 heavy (non-hydrogen) atoms. The summed E-state index contributed by atoms with van der Waals surface area (Å²) >= 11 is 0. The molecule has 0 aromatic carbocycles. The highest BCUT2D eigenvalue weighted by Gasteiger charge is 2.35. The number of piperazine rings is 1. The minimum absolute atomic E-state index is 0.0360. The number of rotatable bonds is 6. The van der Waals surface area contributed by atoms with E-state index in [0.717, 1.165) is 58.3 Å². The highest BCUT2D eigenvalue weighted by molar-refractivity contribution is 5.79. The Morgan fingerprint density at radius 1 is 1.32 bits per heavy atom. The van der Waals surface area contributed by atoms with Crippen molar-refractivity contribution in [3.8, 4) is 6.07 Å². The van der Waals surface area contributed by atoms with E-state index >= 15 is 0 Å². The number of nitriles is 1. The summed E-state index contributed by atoms with van der Waals surface area (Å²) in [5.41, 5.74) is -0.622. The van der Waals surface area contributed by atoms with Gasteiger partial charge in [0, 0.05) is 32.2 Å². The van der Waals surface area contributed by atoms with Crippen LogP contribution < -0.4 is 5.32 Å². The van der Waals surface area contributed by atoms with Crippen LogP contribution in [0.4, 0.5) is 0 Å². The molecule has 0 bridgehead atoms. The Kier molecular flexibility index (Phi) is 6.18. The molecule has 2 rings (SSSR count). The van der Waals surface area contributed by atoms with Crippen LogP contribution in [0.5, 0.6) is 0 Å². The molecule has 1 unspecified atom stereocenters. The van der Waals surface area contributed by atoms with Crippen LogP contribution in [0.25, 0.3) is 0 Å². The molecule has 0 radical (unpaired) electrons. The number of carbonyl (C=O) groups excluding carboxylic acids is 1. The molecule has 2 aliphatic rings. The second-order valence-electron chi connectivity index (χ2n) is 6.51. The molecule has 2 fully saturated rings. The van der Waals surface area contributed by atoms with Crippen LogP contribution in [0.2, 0.25) is 0 Å². The number of amides is 1. The van der Waals surface area contributed by atoms with Crippen molar-refractivity contribution in [2.45, 2.75) is 50.6 Å². The SMILES string of the molecule is CCC(CO)N1CCN(CC(=O)NC2(C#N)CCCC2)CC1. The van der Waals surface area contributed by atoms with Gasteiger partial charge in [0.25, 0.3) is 0 Å². The standard InChI is InChI=1S/C16H28N4O2/c1-2-14(12-21)20-9-7-19(8-10-20)11-15(22)18-16(13-17)5-3-4-6-16/h14,21H,2-12H2,1H3,(H,18,22). The average molecular weight is 308 g/mol. The average Bonchev–Trinajstić information content (AvgIpc) is 2.99. The third kappa shape index (κ3) is 4.19. The predicted molar refractivity (Wildman–Crippen MR) is 84.1 cm³/mol. The fourth-order valence-electron chi connectivity index (χ4n) is 3.54. The molecule has 1 aliphatic heterocycles. The number of nitrogens with zero attached hydrogens (tertiary/aromatic N) is 3. The molecule has 124 valence electrons. The van der Waals surface area contributed by atoms with Crippen LogP contribution in [0.1, 0.15) is 39.0 Å². The van der Waals surface area contributed by atoms with E-state index in [1.807, 2.05) is 0 Å². The van der Waals surface area contributed by atoms with E-state index in [-0.39, 0.29) is 18.6 Å². The zero-order valence-electron chi connectivity index (χ0n) is 13.6. The number of hydrogen-bond acceptors (Lipinski definition) is 5. The van der Waals surface area contributed by atoms with Crippen molar-refractivity contribution in [1.82, 2.24) is 15.1 Å². The Hall–Kier alpha value is -1.16. The summed E-state index contributed by atoms with van der Waals surface area (Å²) < 4.78 is 0. The highest BCUT2D eigenvalue weighted by atomic mass is 16.3. The fraction of sp³-hybridized carbons (Fsp3) is 0.875. The monoisotopic (exact) mass is 308 g/mol. The maximum atomic E-state index is 12.2. The number of hydrogen-bond donors (Lipinski definition) is 2. The van der Waals surface area contributed by atoms with Crippen LogP contribution in [-0.4, -0.2) is 71.7 Å². The van der Waals surface area contributed by atoms with E-state index in [0.29, 0.717) is 6.54 Å². The van der Waals surface area contributed by atoms with Crippen LogP contribution in [0.15, 0.2) is 0 Å². The molecule has 6 heteroatoms. The van der Waals surface area contributed by atoms with Crippen molar-refractivity contribution in [1.29, 1.82) is 5.26 Å². The van der Waals surface area contributed by atoms with E-state index in [4.69, 9.17) is 0 Å². The first kappa shape index (κ1) is 17.2. The van der Waals surface area contributed by atoms with Gasteiger partial charge >= 0.3 is 0 Å². The Balaban J connectivity index is 1.76. The summed E-state index contributed by atoms with van der Waals surface area (Å²) in [6.45, 7) is 6.09. The Labute approximate surface area is 133 Å². The van der Waals surface area contributed by atoms with Crippen molar-refractivity contribution >= 4 is 5.91 Å². The predicted octanol–water partition coefficient (Wildman–Crippen LogP) is 0.327. The van der Waals surface area contributed by atoms with Gasteiger partial charge in [-0.15, -0.1) is 0 Å². The van der Waals surface area contributed by atoms with Crippen LogP contribution in [-0.2, 0) is 4.79 Å². The summed E-state index contributed by atoms with van der Waals surface area (Å²) in [5, 5.41) is 21.6. The second-order valence-corrected chi connectivity index (χ2v) is 6.51. The van der Waals surface area contributed by atoms with Gasteiger partial charge in [-0.25, -0.2) is 0 Å². The van der Waals surface area contributed by atoms with Crippen molar-refractivity contribution in [3.05, 3.63) is 0 Å². The van der Waals surface area contributed by atoms with Crippen molar-refractivity contribution in [3.63, 3.8) is 0 Å². The lowest BCUT2D eigenvalue weighted by Crippen LogP contribution is -2.55. The van der Waals surface area contributed by atoms with Gasteiger partial charge in [-0.3, -0.25) is 14.6 Å². The van der Waals surface area contributed by atoms with Gasteiger partial charge in [0.15, 0.2) is 0 Å². The van der Waals surface area contributed by atoms with Gasteiger partial charge in [-0.1, -0.05) is 6.92 Å². The first-order chi connectivity index (χ1) is 10.6. The van der Waals surface area contributed by atoms with Gasteiger partial charge in [-0.2, -0.15) is 5.26 Å². The zero-order chi connectivity index (χ0) is 16.0.